The van der Waals surface area contributed by atoms with Crippen molar-refractivity contribution in [2.45, 2.75) is 43.6 Å². The maximum absolute atomic E-state index is 13.0. The maximum Gasteiger partial charge on any atom is 0.416 e. The fraction of sp³-hybridized carbons (Fsp3) is 0.542. The number of anilines is 1. The molecule has 2 aliphatic heterocycles. The summed E-state index contributed by atoms with van der Waals surface area (Å²) in [5, 5.41) is 9.41. The summed E-state index contributed by atoms with van der Waals surface area (Å²) in [6.45, 7) is 5.77. The molecule has 0 bridgehead atoms. The Bertz CT molecular complexity index is 1150. The van der Waals surface area contributed by atoms with E-state index in [0.717, 1.165) is 61.3 Å². The largest absolute Gasteiger partial charge is 0.440 e. The number of piperidine rings is 1. The van der Waals surface area contributed by atoms with Gasteiger partial charge in [-0.15, -0.1) is 10.2 Å². The second-order valence-corrected chi connectivity index (χ2v) is 10.4. The predicted molar refractivity (Wildman–Crippen MR) is 128 cm³/mol. The maximum atomic E-state index is 13.0. The molecule has 2 atom stereocenters. The molecule has 188 valence electrons. The fourth-order valence-corrected chi connectivity index (χ4v) is 6.05. The van der Waals surface area contributed by atoms with Crippen LogP contribution in [0.3, 0.4) is 0 Å². The van der Waals surface area contributed by atoms with E-state index in [2.05, 4.69) is 25.0 Å². The third-order valence-corrected chi connectivity index (χ3v) is 8.12. The minimum atomic E-state index is -4.30. The van der Waals surface area contributed by atoms with Crippen molar-refractivity contribution in [1.29, 1.82) is 0 Å². The van der Waals surface area contributed by atoms with Gasteiger partial charge in [-0.05, 0) is 62.9 Å². The lowest BCUT2D eigenvalue weighted by atomic mass is 9.91. The smallest absolute Gasteiger partial charge is 0.416 e. The summed E-state index contributed by atoms with van der Waals surface area (Å²) in [4.78, 5) is 8.94. The first-order chi connectivity index (χ1) is 16.8. The molecular formula is C24H29F3N6OS. The van der Waals surface area contributed by atoms with Crippen LogP contribution in [0, 0.1) is 12.8 Å². The molecule has 2 aromatic heterocycles. The lowest BCUT2D eigenvalue weighted by molar-refractivity contribution is -0.137. The van der Waals surface area contributed by atoms with Gasteiger partial charge in [0, 0.05) is 44.2 Å². The van der Waals surface area contributed by atoms with Crippen molar-refractivity contribution in [1.82, 2.24) is 24.6 Å². The summed E-state index contributed by atoms with van der Waals surface area (Å²) in [6.07, 6.45) is 0.389. The highest BCUT2D eigenvalue weighted by Crippen LogP contribution is 2.36. The quantitative estimate of drug-likeness (QED) is 0.334. The highest BCUT2D eigenvalue weighted by atomic mass is 32.2. The Kier molecular flexibility index (Phi) is 6.80. The van der Waals surface area contributed by atoms with E-state index in [0.29, 0.717) is 23.5 Å². The van der Waals surface area contributed by atoms with Gasteiger partial charge in [0.05, 0.1) is 11.3 Å². The zero-order chi connectivity index (χ0) is 24.6. The van der Waals surface area contributed by atoms with Gasteiger partial charge in [0.1, 0.15) is 0 Å². The highest BCUT2D eigenvalue weighted by Gasteiger charge is 2.39. The third kappa shape index (κ3) is 5.06. The van der Waals surface area contributed by atoms with Gasteiger partial charge < -0.3 is 18.8 Å². The molecule has 2 fully saturated rings. The second-order valence-electron chi connectivity index (χ2n) is 9.30. The van der Waals surface area contributed by atoms with Gasteiger partial charge in [0.15, 0.2) is 17.3 Å². The number of oxazole rings is 1. The first kappa shape index (κ1) is 24.2. The summed E-state index contributed by atoms with van der Waals surface area (Å²) < 4.78 is 46.2. The zero-order valence-electron chi connectivity index (χ0n) is 19.8. The number of aryl methyl sites for hydroxylation is 1. The number of aromatic nitrogens is 4. The van der Waals surface area contributed by atoms with E-state index in [9.17, 15) is 13.2 Å². The Labute approximate surface area is 206 Å². The third-order valence-electron chi connectivity index (χ3n) is 7.02. The van der Waals surface area contributed by atoms with Crippen LogP contribution < -0.4 is 4.90 Å². The molecule has 0 amide bonds. The number of rotatable bonds is 7. The van der Waals surface area contributed by atoms with E-state index in [4.69, 9.17) is 4.42 Å². The Morgan fingerprint density at radius 3 is 2.66 bits per heavy atom. The van der Waals surface area contributed by atoms with Crippen LogP contribution in [0.2, 0.25) is 0 Å². The summed E-state index contributed by atoms with van der Waals surface area (Å²) >= 11 is 1.68. The first-order valence-electron chi connectivity index (χ1n) is 11.9. The molecule has 0 aliphatic carbocycles. The number of likely N-dealkylation sites (tertiary alicyclic amines) is 1. The first-order valence-corrected chi connectivity index (χ1v) is 12.9. The van der Waals surface area contributed by atoms with Gasteiger partial charge in [0.25, 0.3) is 0 Å². The van der Waals surface area contributed by atoms with Gasteiger partial charge in [-0.25, -0.2) is 4.98 Å². The van der Waals surface area contributed by atoms with Crippen molar-refractivity contribution in [3.8, 4) is 11.6 Å². The van der Waals surface area contributed by atoms with E-state index < -0.39 is 11.7 Å². The number of fused-ring (bicyclic) bond motifs is 1. The van der Waals surface area contributed by atoms with E-state index >= 15 is 0 Å². The number of halogens is 3. The molecule has 0 N–H and O–H groups in total. The molecule has 3 aromatic rings. The molecule has 0 saturated carbocycles. The monoisotopic (exact) mass is 506 g/mol. The molecule has 2 aliphatic rings. The van der Waals surface area contributed by atoms with Crippen LogP contribution in [0.5, 0.6) is 0 Å². The summed E-state index contributed by atoms with van der Waals surface area (Å²) in [6, 6.07) is 6.01. The summed E-state index contributed by atoms with van der Waals surface area (Å²) in [7, 11) is 1.93. The molecule has 1 aromatic carbocycles. The molecule has 0 unspecified atom stereocenters. The van der Waals surface area contributed by atoms with Crippen LogP contribution >= 0.6 is 11.8 Å². The molecule has 0 radical (unpaired) electrons. The van der Waals surface area contributed by atoms with Crippen LogP contribution in [-0.2, 0) is 13.2 Å². The number of benzene rings is 1. The zero-order valence-corrected chi connectivity index (χ0v) is 20.6. The van der Waals surface area contributed by atoms with E-state index in [1.54, 1.807) is 23.9 Å². The molecule has 7 nitrogen and oxygen atoms in total. The molecule has 2 saturated heterocycles. The standard InChI is InChI=1S/C24H29F3N6OS/c1-16-21(34-15-28-16)22-29-30-23(31(22)2)35-12-4-10-32-13-17-5-3-11-33(20(17)14-32)19-8-6-18(7-9-19)24(25,26)27/h6-9,15,17,20H,3-5,10-14H2,1-2H3/t17-,20+/m0/s1. The Morgan fingerprint density at radius 1 is 1.14 bits per heavy atom. The molecule has 4 heterocycles. The van der Waals surface area contributed by atoms with Gasteiger partial charge in [-0.2, -0.15) is 13.2 Å². The summed E-state index contributed by atoms with van der Waals surface area (Å²) in [5.74, 6) is 2.80. The predicted octanol–water partition coefficient (Wildman–Crippen LogP) is 4.88. The number of thioether (sulfide) groups is 1. The molecule has 35 heavy (non-hydrogen) atoms. The van der Waals surface area contributed by atoms with Crippen molar-refractivity contribution in [2.75, 3.05) is 36.8 Å². The minimum Gasteiger partial charge on any atom is -0.440 e. The van der Waals surface area contributed by atoms with Crippen molar-refractivity contribution >= 4 is 17.4 Å². The van der Waals surface area contributed by atoms with Crippen molar-refractivity contribution in [3.05, 3.63) is 41.9 Å². The Morgan fingerprint density at radius 2 is 1.94 bits per heavy atom. The fourth-order valence-electron chi connectivity index (χ4n) is 5.22. The molecule has 0 spiro atoms. The number of nitrogens with zero attached hydrogens (tertiary/aromatic N) is 6. The molecule has 5 rings (SSSR count). The minimum absolute atomic E-state index is 0.361. The van der Waals surface area contributed by atoms with Gasteiger partial charge >= 0.3 is 6.18 Å². The van der Waals surface area contributed by atoms with Gasteiger partial charge in [0.2, 0.25) is 5.82 Å². The number of hydrogen-bond donors (Lipinski definition) is 0. The Balaban J connectivity index is 1.14. The van der Waals surface area contributed by atoms with Crippen LogP contribution in [-0.4, -0.2) is 62.6 Å². The van der Waals surface area contributed by atoms with E-state index in [1.807, 2.05) is 18.5 Å². The normalized spacial score (nSPS) is 21.0. The Hall–Kier alpha value is -2.53. The van der Waals surface area contributed by atoms with Crippen molar-refractivity contribution in [3.63, 3.8) is 0 Å². The average molecular weight is 507 g/mol. The lowest BCUT2D eigenvalue weighted by Crippen LogP contribution is -2.45. The second kappa shape index (κ2) is 9.85. The van der Waals surface area contributed by atoms with Gasteiger partial charge in [-0.3, -0.25) is 0 Å². The molecule has 11 heteroatoms. The van der Waals surface area contributed by atoms with E-state index in [-0.39, 0.29) is 0 Å². The van der Waals surface area contributed by atoms with Crippen LogP contribution in [0.4, 0.5) is 18.9 Å². The lowest BCUT2D eigenvalue weighted by Gasteiger charge is -2.39. The number of alkyl halides is 3. The van der Waals surface area contributed by atoms with Crippen LogP contribution in [0.25, 0.3) is 11.6 Å². The topological polar surface area (TPSA) is 63.2 Å². The SMILES string of the molecule is Cc1ncoc1-c1nnc(SCCCN2C[C@@H]3CCCN(c4ccc(C(F)(F)F)cc4)[C@@H]3C2)n1C. The van der Waals surface area contributed by atoms with Gasteiger partial charge in [-0.1, -0.05) is 11.8 Å². The molecular weight excluding hydrogens is 477 g/mol. The highest BCUT2D eigenvalue weighted by molar-refractivity contribution is 7.99. The van der Waals surface area contributed by atoms with E-state index in [1.165, 1.54) is 24.9 Å². The average Bonchev–Trinajstić information content (AvgIpc) is 3.54. The van der Waals surface area contributed by atoms with Crippen molar-refractivity contribution in [2.24, 2.45) is 13.0 Å². The van der Waals surface area contributed by atoms with Crippen LogP contribution in [0.1, 0.15) is 30.5 Å². The van der Waals surface area contributed by atoms with Crippen molar-refractivity contribution < 1.29 is 17.6 Å². The summed E-state index contributed by atoms with van der Waals surface area (Å²) in [5.41, 5.74) is 1.09. The van der Waals surface area contributed by atoms with Crippen LogP contribution in [0.15, 0.2) is 40.2 Å². The number of hydrogen-bond acceptors (Lipinski definition) is 7.